The predicted molar refractivity (Wildman–Crippen MR) is 120 cm³/mol. The maximum Gasteiger partial charge on any atom is 0.276 e. The van der Waals surface area contributed by atoms with Crippen LogP contribution in [0.5, 0.6) is 11.5 Å². The molecule has 0 spiro atoms. The third-order valence-corrected chi connectivity index (χ3v) is 4.20. The Morgan fingerprint density at radius 3 is 2.42 bits per heavy atom. The van der Waals surface area contributed by atoms with Crippen LogP contribution >= 0.6 is 0 Å². The molecule has 1 heterocycles. The summed E-state index contributed by atoms with van der Waals surface area (Å²) in [5, 5.41) is 3.13. The molecule has 0 saturated heterocycles. The largest absolute Gasteiger partial charge is 0.494 e. The van der Waals surface area contributed by atoms with Gasteiger partial charge in [-0.3, -0.25) is 15.6 Å². The fraction of sp³-hybridized carbons (Fsp3) is 0.227. The van der Waals surface area contributed by atoms with Gasteiger partial charge in [0.15, 0.2) is 18.2 Å². The van der Waals surface area contributed by atoms with E-state index in [1.807, 2.05) is 42.5 Å². The second-order valence-corrected chi connectivity index (χ2v) is 6.61. The molecule has 0 fully saturated rings. The van der Waals surface area contributed by atoms with Gasteiger partial charge in [0.2, 0.25) is 0 Å². The number of nitrogens with zero attached hydrogens (tertiary/aromatic N) is 2. The summed E-state index contributed by atoms with van der Waals surface area (Å²) in [6.45, 7) is 2.66. The number of ether oxygens (including phenoxy) is 2. The van der Waals surface area contributed by atoms with Crippen molar-refractivity contribution in [2.24, 2.45) is 0 Å². The Bertz CT molecular complexity index is 967. The Balaban J connectivity index is 1.52. The average molecular weight is 422 g/mol. The van der Waals surface area contributed by atoms with Gasteiger partial charge in [0.1, 0.15) is 23.5 Å². The quantitative estimate of drug-likeness (QED) is 0.273. The highest BCUT2D eigenvalue weighted by molar-refractivity contribution is 5.82. The molecule has 162 valence electrons. The second kappa shape index (κ2) is 11.2. The van der Waals surface area contributed by atoms with E-state index in [2.05, 4.69) is 33.1 Å². The van der Waals surface area contributed by atoms with Gasteiger partial charge in [0, 0.05) is 5.69 Å². The number of nitrogens with one attached hydrogen (secondary N) is 3. The molecular weight excluding hydrogens is 396 g/mol. The SMILES string of the molecule is CCCCOc1ccc(Nc2ncnc(NNC(=O)COc3ccccc3)c2N)cc1. The molecule has 0 saturated carbocycles. The van der Waals surface area contributed by atoms with Crippen molar-refractivity contribution in [3.63, 3.8) is 0 Å². The van der Waals surface area contributed by atoms with Gasteiger partial charge >= 0.3 is 0 Å². The van der Waals surface area contributed by atoms with Gasteiger partial charge in [-0.2, -0.15) is 0 Å². The van der Waals surface area contributed by atoms with Gasteiger partial charge in [0.05, 0.1) is 6.61 Å². The Hall–Kier alpha value is -4.01. The number of unbranched alkanes of at least 4 members (excludes halogenated alkanes) is 1. The fourth-order valence-corrected chi connectivity index (χ4v) is 2.53. The lowest BCUT2D eigenvalue weighted by Gasteiger charge is -2.14. The van der Waals surface area contributed by atoms with Crippen molar-refractivity contribution in [2.75, 3.05) is 29.7 Å². The number of carbonyl (C=O) groups is 1. The topological polar surface area (TPSA) is 123 Å². The minimum Gasteiger partial charge on any atom is -0.494 e. The van der Waals surface area contributed by atoms with Crippen molar-refractivity contribution < 1.29 is 14.3 Å². The van der Waals surface area contributed by atoms with Crippen LogP contribution in [-0.4, -0.2) is 29.1 Å². The number of amides is 1. The van der Waals surface area contributed by atoms with E-state index in [0.29, 0.717) is 18.2 Å². The fourth-order valence-electron chi connectivity index (χ4n) is 2.53. The van der Waals surface area contributed by atoms with E-state index in [0.717, 1.165) is 24.3 Å². The van der Waals surface area contributed by atoms with Gasteiger partial charge < -0.3 is 20.5 Å². The molecule has 0 radical (unpaired) electrons. The maximum atomic E-state index is 12.0. The lowest BCUT2D eigenvalue weighted by atomic mass is 10.3. The highest BCUT2D eigenvalue weighted by Crippen LogP contribution is 2.26. The monoisotopic (exact) mass is 422 g/mol. The van der Waals surface area contributed by atoms with E-state index >= 15 is 0 Å². The van der Waals surface area contributed by atoms with Crippen LogP contribution in [0.15, 0.2) is 60.9 Å². The summed E-state index contributed by atoms with van der Waals surface area (Å²) < 4.78 is 11.0. The van der Waals surface area contributed by atoms with Crippen molar-refractivity contribution in [3.05, 3.63) is 60.9 Å². The lowest BCUT2D eigenvalue weighted by molar-refractivity contribution is -0.122. The third-order valence-electron chi connectivity index (χ3n) is 4.20. The molecule has 0 bridgehead atoms. The zero-order valence-corrected chi connectivity index (χ0v) is 17.3. The average Bonchev–Trinajstić information content (AvgIpc) is 2.80. The molecule has 0 aliphatic heterocycles. The van der Waals surface area contributed by atoms with E-state index in [9.17, 15) is 4.79 Å². The minimum atomic E-state index is -0.380. The molecular formula is C22H26N6O3. The highest BCUT2D eigenvalue weighted by atomic mass is 16.5. The molecule has 1 amide bonds. The molecule has 0 atom stereocenters. The van der Waals surface area contributed by atoms with Crippen molar-refractivity contribution in [1.29, 1.82) is 0 Å². The number of nitrogen functional groups attached to an aromatic ring is 1. The number of hydrazine groups is 1. The van der Waals surface area contributed by atoms with Gasteiger partial charge in [-0.1, -0.05) is 31.5 Å². The van der Waals surface area contributed by atoms with Crippen LogP contribution in [0.1, 0.15) is 19.8 Å². The van der Waals surface area contributed by atoms with Crippen molar-refractivity contribution in [1.82, 2.24) is 15.4 Å². The number of hydrogen-bond acceptors (Lipinski definition) is 8. The summed E-state index contributed by atoms with van der Waals surface area (Å²) in [7, 11) is 0. The zero-order valence-electron chi connectivity index (χ0n) is 17.3. The first-order valence-corrected chi connectivity index (χ1v) is 9.98. The number of rotatable bonds is 11. The molecule has 31 heavy (non-hydrogen) atoms. The summed E-state index contributed by atoms with van der Waals surface area (Å²) in [6, 6.07) is 16.6. The molecule has 0 unspecified atom stereocenters. The minimum absolute atomic E-state index is 0.153. The Morgan fingerprint density at radius 1 is 0.968 bits per heavy atom. The number of anilines is 4. The molecule has 0 aliphatic carbocycles. The first-order valence-electron chi connectivity index (χ1n) is 9.98. The maximum absolute atomic E-state index is 12.0. The Kier molecular flexibility index (Phi) is 7.87. The number of para-hydroxylation sites is 1. The van der Waals surface area contributed by atoms with Crippen molar-refractivity contribution in [2.45, 2.75) is 19.8 Å². The molecule has 0 aliphatic rings. The van der Waals surface area contributed by atoms with Crippen LogP contribution in [0.4, 0.5) is 23.0 Å². The van der Waals surface area contributed by atoms with E-state index in [1.54, 1.807) is 12.1 Å². The van der Waals surface area contributed by atoms with Gasteiger partial charge in [0.25, 0.3) is 5.91 Å². The molecule has 3 aromatic rings. The van der Waals surface area contributed by atoms with Crippen LogP contribution in [0.2, 0.25) is 0 Å². The van der Waals surface area contributed by atoms with E-state index < -0.39 is 0 Å². The zero-order chi connectivity index (χ0) is 21.9. The molecule has 2 aromatic carbocycles. The van der Waals surface area contributed by atoms with Crippen molar-refractivity contribution >= 4 is 28.9 Å². The first kappa shape index (κ1) is 21.7. The second-order valence-electron chi connectivity index (χ2n) is 6.61. The van der Waals surface area contributed by atoms with Crippen LogP contribution in [0.25, 0.3) is 0 Å². The van der Waals surface area contributed by atoms with Crippen LogP contribution in [0, 0.1) is 0 Å². The normalized spacial score (nSPS) is 10.2. The Labute approximate surface area is 181 Å². The number of nitrogens with two attached hydrogens (primary N) is 1. The number of aromatic nitrogens is 2. The molecule has 1 aromatic heterocycles. The molecule has 9 heteroatoms. The van der Waals surface area contributed by atoms with Gasteiger partial charge in [-0.15, -0.1) is 0 Å². The molecule has 3 rings (SSSR count). The first-order chi connectivity index (χ1) is 15.2. The highest BCUT2D eigenvalue weighted by Gasteiger charge is 2.10. The van der Waals surface area contributed by atoms with Crippen LogP contribution in [0.3, 0.4) is 0 Å². The lowest BCUT2D eigenvalue weighted by Crippen LogP contribution is -2.34. The predicted octanol–water partition coefficient (Wildman–Crippen LogP) is 3.50. The summed E-state index contributed by atoms with van der Waals surface area (Å²) in [4.78, 5) is 20.2. The Morgan fingerprint density at radius 2 is 1.68 bits per heavy atom. The summed E-state index contributed by atoms with van der Waals surface area (Å²) in [6.07, 6.45) is 3.45. The van der Waals surface area contributed by atoms with Crippen LogP contribution < -0.4 is 31.4 Å². The van der Waals surface area contributed by atoms with Gasteiger partial charge in [-0.05, 0) is 42.8 Å². The van der Waals surface area contributed by atoms with E-state index in [-0.39, 0.29) is 24.0 Å². The summed E-state index contributed by atoms with van der Waals surface area (Å²) in [5.41, 5.74) is 12.4. The molecule has 9 nitrogen and oxygen atoms in total. The number of benzene rings is 2. The number of hydrogen-bond donors (Lipinski definition) is 4. The number of carbonyl (C=O) groups excluding carboxylic acids is 1. The van der Waals surface area contributed by atoms with E-state index in [1.165, 1.54) is 6.33 Å². The van der Waals surface area contributed by atoms with Crippen LogP contribution in [-0.2, 0) is 4.79 Å². The third kappa shape index (κ3) is 6.77. The standard InChI is InChI=1S/C22H26N6O3/c1-2-3-13-30-18-11-9-16(10-12-18)26-21-20(23)22(25-15-24-21)28-27-19(29)14-31-17-7-5-4-6-8-17/h4-12,15H,2-3,13-14,23H2,1H3,(H,27,29)(H2,24,25,26,28). The van der Waals surface area contributed by atoms with Gasteiger partial charge in [-0.25, -0.2) is 9.97 Å². The summed E-state index contributed by atoms with van der Waals surface area (Å²) in [5.74, 6) is 1.71. The molecule has 5 N–H and O–H groups in total. The van der Waals surface area contributed by atoms with E-state index in [4.69, 9.17) is 15.2 Å². The summed E-state index contributed by atoms with van der Waals surface area (Å²) >= 11 is 0. The van der Waals surface area contributed by atoms with Crippen molar-refractivity contribution in [3.8, 4) is 11.5 Å². The smallest absolute Gasteiger partial charge is 0.276 e.